The number of hydrogen-bond donors (Lipinski definition) is 0. The van der Waals surface area contributed by atoms with Gasteiger partial charge in [-0.2, -0.15) is 9.78 Å². The average Bonchev–Trinajstić information content (AvgIpc) is 2.96. The van der Waals surface area contributed by atoms with Crippen LogP contribution in [0.2, 0.25) is 18.1 Å². The van der Waals surface area contributed by atoms with E-state index < -0.39 is 19.9 Å². The van der Waals surface area contributed by atoms with Crippen LogP contribution in [-0.4, -0.2) is 26.0 Å². The minimum absolute atomic E-state index is 0.175. The van der Waals surface area contributed by atoms with Gasteiger partial charge in [-0.05, 0) is 79.8 Å². The van der Waals surface area contributed by atoms with Crippen molar-refractivity contribution in [2.75, 3.05) is 0 Å². The number of hydrogen-bond acceptors (Lipinski definition) is 4. The van der Waals surface area contributed by atoms with E-state index in [-0.39, 0.29) is 16.6 Å². The van der Waals surface area contributed by atoms with Gasteiger partial charge in [0.15, 0.2) is 8.32 Å². The third-order valence-electron chi connectivity index (χ3n) is 10.1. The van der Waals surface area contributed by atoms with Crippen molar-refractivity contribution in [2.24, 2.45) is 35.0 Å². The number of ether oxygens (including phenoxy) is 1. The van der Waals surface area contributed by atoms with Gasteiger partial charge in [0.05, 0.1) is 6.10 Å². The first-order chi connectivity index (χ1) is 14.2. The molecule has 6 rings (SSSR count). The van der Waals surface area contributed by atoms with Crippen molar-refractivity contribution in [2.45, 2.75) is 129 Å². The van der Waals surface area contributed by atoms with Gasteiger partial charge in [0.2, 0.25) is 11.6 Å². The average molecular weight is 451 g/mol. The van der Waals surface area contributed by atoms with Crippen molar-refractivity contribution < 1.29 is 18.9 Å². The molecule has 0 amide bonds. The van der Waals surface area contributed by atoms with E-state index in [9.17, 15) is 0 Å². The summed E-state index contributed by atoms with van der Waals surface area (Å²) in [4.78, 5) is 12.7. The molecule has 1 aliphatic heterocycles. The largest absolute Gasteiger partial charge is 0.414 e. The van der Waals surface area contributed by atoms with Crippen molar-refractivity contribution in [1.82, 2.24) is 0 Å². The molecule has 6 aliphatic rings. The van der Waals surface area contributed by atoms with Crippen LogP contribution in [0, 0.1) is 35.0 Å². The zero-order valence-corrected chi connectivity index (χ0v) is 22.3. The first kappa shape index (κ1) is 22.8. The molecule has 5 heteroatoms. The maximum absolute atomic E-state index is 7.10. The van der Waals surface area contributed by atoms with Crippen molar-refractivity contribution >= 4 is 8.32 Å². The van der Waals surface area contributed by atoms with Crippen LogP contribution in [0.25, 0.3) is 0 Å². The van der Waals surface area contributed by atoms with Crippen LogP contribution < -0.4 is 0 Å². The zero-order valence-electron chi connectivity index (χ0n) is 21.3. The van der Waals surface area contributed by atoms with E-state index in [2.05, 4.69) is 54.6 Å². The summed E-state index contributed by atoms with van der Waals surface area (Å²) in [5, 5.41) is 0.200. The summed E-state index contributed by atoms with van der Waals surface area (Å²) in [7, 11) is -1.87. The molecule has 5 saturated carbocycles. The molecule has 3 atom stereocenters. The van der Waals surface area contributed by atoms with E-state index in [0.717, 1.165) is 31.1 Å². The molecular weight excluding hydrogens is 404 g/mol. The molecule has 5 aliphatic carbocycles. The lowest BCUT2D eigenvalue weighted by Gasteiger charge is -2.57. The Bertz CT molecular complexity index is 677. The first-order valence-electron chi connectivity index (χ1n) is 13.0. The third-order valence-corrected chi connectivity index (χ3v) is 14.6. The monoisotopic (exact) mass is 450 g/mol. The highest BCUT2D eigenvalue weighted by atomic mass is 28.4. The van der Waals surface area contributed by atoms with E-state index in [1.165, 1.54) is 32.1 Å². The molecule has 2 spiro atoms. The molecule has 0 aromatic carbocycles. The van der Waals surface area contributed by atoms with E-state index in [4.69, 9.17) is 18.9 Å². The maximum atomic E-state index is 7.10. The second-order valence-corrected chi connectivity index (χ2v) is 19.2. The molecule has 1 heterocycles. The Balaban J connectivity index is 1.40. The molecule has 31 heavy (non-hydrogen) atoms. The minimum atomic E-state index is -1.87. The predicted octanol–water partition coefficient (Wildman–Crippen LogP) is 7.05. The van der Waals surface area contributed by atoms with Crippen molar-refractivity contribution in [1.29, 1.82) is 0 Å². The van der Waals surface area contributed by atoms with Crippen molar-refractivity contribution in [3.63, 3.8) is 0 Å². The number of rotatable bonds is 2. The highest BCUT2D eigenvalue weighted by molar-refractivity contribution is 6.74. The van der Waals surface area contributed by atoms with Crippen LogP contribution in [0.5, 0.6) is 0 Å². The van der Waals surface area contributed by atoms with E-state index in [1.54, 1.807) is 0 Å². The molecule has 1 saturated heterocycles. The summed E-state index contributed by atoms with van der Waals surface area (Å²) in [6.07, 6.45) is 9.48. The summed E-state index contributed by atoms with van der Waals surface area (Å²) in [5.74, 6) is 2.16. The maximum Gasteiger partial charge on any atom is 0.210 e. The van der Waals surface area contributed by atoms with Gasteiger partial charge in [0.1, 0.15) is 0 Å². The minimum Gasteiger partial charge on any atom is -0.414 e. The summed E-state index contributed by atoms with van der Waals surface area (Å²) in [6, 6.07) is 0. The molecule has 6 fully saturated rings. The summed E-state index contributed by atoms with van der Waals surface area (Å²) in [5.41, 5.74) is 0.189. The first-order valence-corrected chi connectivity index (χ1v) is 15.9. The predicted molar refractivity (Wildman–Crippen MR) is 125 cm³/mol. The van der Waals surface area contributed by atoms with Crippen LogP contribution in [-0.2, 0) is 18.9 Å². The lowest BCUT2D eigenvalue weighted by atomic mass is 9.53. The van der Waals surface area contributed by atoms with Gasteiger partial charge in [-0.25, -0.2) is 0 Å². The Morgan fingerprint density at radius 3 is 1.87 bits per heavy atom. The Morgan fingerprint density at radius 1 is 0.774 bits per heavy atom. The van der Waals surface area contributed by atoms with Crippen molar-refractivity contribution in [3.8, 4) is 0 Å². The third kappa shape index (κ3) is 3.79. The molecule has 4 nitrogen and oxygen atoms in total. The Morgan fingerprint density at radius 2 is 1.35 bits per heavy atom. The quantitative estimate of drug-likeness (QED) is 0.334. The van der Waals surface area contributed by atoms with E-state index in [0.29, 0.717) is 17.8 Å². The standard InChI is InChI=1S/C26H46O4Si/c1-23(2,3)21-14-22(27-31(7,8)24(4,5)6)16-25(15-21)28-26(30-29-25)19-10-17-9-18(12-19)13-20(26)11-17/h17-22H,9-16H2,1-8H3/t17?,18?,19?,20?,21-,22-,25?,26?/m0/s1. The Hall–Kier alpha value is 0.0569. The highest BCUT2D eigenvalue weighted by Gasteiger charge is 2.68. The lowest BCUT2D eigenvalue weighted by Crippen LogP contribution is -2.60. The summed E-state index contributed by atoms with van der Waals surface area (Å²) in [6.45, 7) is 18.8. The smallest absolute Gasteiger partial charge is 0.210 e. The SMILES string of the molecule is CC(C)(C)[C@H]1C[C@H](O[Si](C)(C)C(C)(C)C)CC2(C1)OOC1(O2)C2CC3CC(C2)CC1C3. The second kappa shape index (κ2) is 7.04. The molecule has 4 bridgehead atoms. The molecule has 0 aromatic heterocycles. The van der Waals surface area contributed by atoms with Gasteiger partial charge in [0, 0.05) is 24.7 Å². The van der Waals surface area contributed by atoms with Gasteiger partial charge in [-0.3, -0.25) is 0 Å². The molecule has 0 N–H and O–H groups in total. The van der Waals surface area contributed by atoms with Gasteiger partial charge in [0.25, 0.3) is 0 Å². The lowest BCUT2D eigenvalue weighted by molar-refractivity contribution is -0.391. The molecule has 0 radical (unpaired) electrons. The van der Waals surface area contributed by atoms with E-state index >= 15 is 0 Å². The summed E-state index contributed by atoms with van der Waals surface area (Å²) >= 11 is 0. The van der Waals surface area contributed by atoms with Crippen LogP contribution in [0.3, 0.4) is 0 Å². The van der Waals surface area contributed by atoms with Crippen LogP contribution >= 0.6 is 0 Å². The van der Waals surface area contributed by atoms with Gasteiger partial charge >= 0.3 is 0 Å². The fraction of sp³-hybridized carbons (Fsp3) is 1.00. The molecular formula is C26H46O4Si. The van der Waals surface area contributed by atoms with Crippen LogP contribution in [0.1, 0.15) is 92.9 Å². The normalized spacial score (nSPS) is 47.6. The fourth-order valence-corrected chi connectivity index (χ4v) is 8.76. The summed E-state index contributed by atoms with van der Waals surface area (Å²) < 4.78 is 14.1. The molecule has 178 valence electrons. The zero-order chi connectivity index (χ0) is 22.4. The van der Waals surface area contributed by atoms with Crippen LogP contribution in [0.15, 0.2) is 0 Å². The van der Waals surface area contributed by atoms with Gasteiger partial charge < -0.3 is 9.16 Å². The van der Waals surface area contributed by atoms with Gasteiger partial charge in [-0.15, -0.1) is 0 Å². The Kier molecular flexibility index (Phi) is 5.18. The topological polar surface area (TPSA) is 36.9 Å². The van der Waals surface area contributed by atoms with E-state index in [1.807, 2.05) is 0 Å². The van der Waals surface area contributed by atoms with Crippen LogP contribution in [0.4, 0.5) is 0 Å². The van der Waals surface area contributed by atoms with Crippen molar-refractivity contribution in [3.05, 3.63) is 0 Å². The van der Waals surface area contributed by atoms with Gasteiger partial charge in [-0.1, -0.05) is 41.5 Å². The second-order valence-electron chi connectivity index (χ2n) is 14.4. The highest BCUT2D eigenvalue weighted by Crippen LogP contribution is 2.64. The molecule has 1 unspecified atom stereocenters. The fourth-order valence-electron chi connectivity index (χ4n) is 7.39. The molecule has 0 aromatic rings. The Labute approximate surface area is 191 Å².